The Labute approximate surface area is 127 Å². The summed E-state index contributed by atoms with van der Waals surface area (Å²) < 4.78 is 5.66. The number of nitrogens with two attached hydrogens (primary N) is 1. The van der Waals surface area contributed by atoms with Crippen LogP contribution in [0.5, 0.6) is 5.88 Å². The van der Waals surface area contributed by atoms with Crippen molar-refractivity contribution in [3.63, 3.8) is 0 Å². The zero-order valence-corrected chi connectivity index (χ0v) is 13.5. The maximum absolute atomic E-state index is 5.94. The molecule has 1 aliphatic rings. The molecule has 2 N–H and O–H groups in total. The van der Waals surface area contributed by atoms with Crippen molar-refractivity contribution < 1.29 is 4.74 Å². The molecule has 21 heavy (non-hydrogen) atoms. The Morgan fingerprint density at radius 2 is 2.10 bits per heavy atom. The average Bonchev–Trinajstić information content (AvgIpc) is 2.51. The molecule has 0 amide bonds. The van der Waals surface area contributed by atoms with E-state index in [4.69, 9.17) is 10.5 Å². The van der Waals surface area contributed by atoms with Crippen molar-refractivity contribution in [2.24, 2.45) is 11.7 Å². The van der Waals surface area contributed by atoms with Gasteiger partial charge in [-0.05, 0) is 38.6 Å². The van der Waals surface area contributed by atoms with Gasteiger partial charge in [-0.15, -0.1) is 0 Å². The van der Waals surface area contributed by atoms with Crippen molar-refractivity contribution in [1.82, 2.24) is 9.97 Å². The SMILES string of the molecule is CCCOc1cc(C)nc(N(C)C2CCCCC2CN)n1. The maximum Gasteiger partial charge on any atom is 0.228 e. The van der Waals surface area contributed by atoms with Crippen LogP contribution in [0, 0.1) is 12.8 Å². The van der Waals surface area contributed by atoms with Crippen LogP contribution in [0.25, 0.3) is 0 Å². The zero-order valence-electron chi connectivity index (χ0n) is 13.5. The third kappa shape index (κ3) is 4.06. The van der Waals surface area contributed by atoms with Gasteiger partial charge in [-0.3, -0.25) is 0 Å². The van der Waals surface area contributed by atoms with E-state index in [1.807, 2.05) is 13.0 Å². The Hall–Kier alpha value is -1.36. The van der Waals surface area contributed by atoms with E-state index in [0.717, 1.165) is 24.6 Å². The second-order valence-electron chi connectivity index (χ2n) is 5.95. The highest BCUT2D eigenvalue weighted by Gasteiger charge is 2.28. The van der Waals surface area contributed by atoms with Gasteiger partial charge in [0, 0.05) is 24.8 Å². The summed E-state index contributed by atoms with van der Waals surface area (Å²) in [5, 5.41) is 0. The molecule has 1 aliphatic carbocycles. The summed E-state index contributed by atoms with van der Waals surface area (Å²) in [7, 11) is 2.08. The highest BCUT2D eigenvalue weighted by atomic mass is 16.5. The molecule has 1 aromatic rings. The number of hydrogen-bond donors (Lipinski definition) is 1. The van der Waals surface area contributed by atoms with E-state index in [9.17, 15) is 0 Å². The summed E-state index contributed by atoms with van der Waals surface area (Å²) in [6.07, 6.45) is 5.89. The predicted octanol–water partition coefficient (Wildman–Crippen LogP) is 2.53. The second kappa shape index (κ2) is 7.59. The number of aromatic nitrogens is 2. The lowest BCUT2D eigenvalue weighted by molar-refractivity contribution is 0.296. The molecule has 1 heterocycles. The fourth-order valence-corrected chi connectivity index (χ4v) is 3.08. The smallest absolute Gasteiger partial charge is 0.228 e. The summed E-state index contributed by atoms with van der Waals surface area (Å²) in [5.74, 6) is 1.96. The molecule has 5 nitrogen and oxygen atoms in total. The molecule has 2 unspecified atom stereocenters. The summed E-state index contributed by atoms with van der Waals surface area (Å²) in [6, 6.07) is 2.33. The molecule has 1 fully saturated rings. The van der Waals surface area contributed by atoms with Crippen LogP contribution in [-0.2, 0) is 0 Å². The third-order valence-electron chi connectivity index (χ3n) is 4.26. The fourth-order valence-electron chi connectivity index (χ4n) is 3.08. The normalized spacial score (nSPS) is 22.1. The van der Waals surface area contributed by atoms with Gasteiger partial charge < -0.3 is 15.4 Å². The Morgan fingerprint density at radius 3 is 2.81 bits per heavy atom. The molecule has 0 aliphatic heterocycles. The first-order valence-electron chi connectivity index (χ1n) is 8.07. The summed E-state index contributed by atoms with van der Waals surface area (Å²) in [4.78, 5) is 11.3. The van der Waals surface area contributed by atoms with Crippen molar-refractivity contribution >= 4 is 5.95 Å². The molecule has 2 rings (SSSR count). The highest BCUT2D eigenvalue weighted by Crippen LogP contribution is 2.29. The largest absolute Gasteiger partial charge is 0.478 e. The quantitative estimate of drug-likeness (QED) is 0.873. The van der Waals surface area contributed by atoms with E-state index in [2.05, 4.69) is 28.8 Å². The Morgan fingerprint density at radius 1 is 1.33 bits per heavy atom. The molecule has 0 spiro atoms. The molecule has 118 valence electrons. The van der Waals surface area contributed by atoms with Gasteiger partial charge in [0.1, 0.15) is 0 Å². The van der Waals surface area contributed by atoms with Gasteiger partial charge in [0.05, 0.1) is 6.61 Å². The minimum absolute atomic E-state index is 0.435. The molecule has 1 aromatic heterocycles. The van der Waals surface area contributed by atoms with Gasteiger partial charge in [0.2, 0.25) is 11.8 Å². The number of anilines is 1. The minimum atomic E-state index is 0.435. The second-order valence-corrected chi connectivity index (χ2v) is 5.95. The van der Waals surface area contributed by atoms with Crippen LogP contribution in [0.4, 0.5) is 5.95 Å². The lowest BCUT2D eigenvalue weighted by Gasteiger charge is -2.37. The number of ether oxygens (including phenoxy) is 1. The van der Waals surface area contributed by atoms with Gasteiger partial charge in [-0.1, -0.05) is 19.8 Å². The molecule has 0 saturated heterocycles. The number of nitrogens with zero attached hydrogens (tertiary/aromatic N) is 3. The van der Waals surface area contributed by atoms with Crippen LogP contribution in [0.2, 0.25) is 0 Å². The monoisotopic (exact) mass is 292 g/mol. The van der Waals surface area contributed by atoms with Crippen molar-refractivity contribution in [3.05, 3.63) is 11.8 Å². The average molecular weight is 292 g/mol. The molecule has 1 saturated carbocycles. The van der Waals surface area contributed by atoms with E-state index in [1.54, 1.807) is 0 Å². The van der Waals surface area contributed by atoms with Gasteiger partial charge in [0.15, 0.2) is 0 Å². The maximum atomic E-state index is 5.94. The number of aryl methyl sites for hydroxylation is 1. The topological polar surface area (TPSA) is 64.3 Å². The summed E-state index contributed by atoms with van der Waals surface area (Å²) in [5.41, 5.74) is 6.89. The van der Waals surface area contributed by atoms with Crippen LogP contribution >= 0.6 is 0 Å². The highest BCUT2D eigenvalue weighted by molar-refractivity contribution is 5.35. The molecule has 5 heteroatoms. The molecular weight excluding hydrogens is 264 g/mol. The van der Waals surface area contributed by atoms with Crippen molar-refractivity contribution in [3.8, 4) is 5.88 Å². The lowest BCUT2D eigenvalue weighted by Crippen LogP contribution is -2.44. The van der Waals surface area contributed by atoms with Crippen LogP contribution in [0.15, 0.2) is 6.07 Å². The van der Waals surface area contributed by atoms with Gasteiger partial charge in [0.25, 0.3) is 0 Å². The van der Waals surface area contributed by atoms with Gasteiger partial charge in [-0.25, -0.2) is 4.98 Å². The number of rotatable bonds is 6. The molecular formula is C16H28N4O. The Kier molecular flexibility index (Phi) is 5.79. The Balaban J connectivity index is 2.16. The standard InChI is InChI=1S/C16H28N4O/c1-4-9-21-15-10-12(2)18-16(19-15)20(3)14-8-6-5-7-13(14)11-17/h10,13-14H,4-9,11,17H2,1-3H3. The van der Waals surface area contributed by atoms with E-state index in [0.29, 0.717) is 24.4 Å². The molecule has 2 atom stereocenters. The summed E-state index contributed by atoms with van der Waals surface area (Å²) in [6.45, 7) is 5.50. The lowest BCUT2D eigenvalue weighted by atomic mass is 9.84. The minimum Gasteiger partial charge on any atom is -0.478 e. The molecule has 0 radical (unpaired) electrons. The first-order valence-corrected chi connectivity index (χ1v) is 8.07. The van der Waals surface area contributed by atoms with Crippen LogP contribution < -0.4 is 15.4 Å². The fraction of sp³-hybridized carbons (Fsp3) is 0.750. The Bertz CT molecular complexity index is 452. The van der Waals surface area contributed by atoms with Crippen molar-refractivity contribution in [1.29, 1.82) is 0 Å². The molecule has 0 aromatic carbocycles. The number of hydrogen-bond acceptors (Lipinski definition) is 5. The van der Waals surface area contributed by atoms with Crippen molar-refractivity contribution in [2.75, 3.05) is 25.1 Å². The zero-order chi connectivity index (χ0) is 15.2. The van der Waals surface area contributed by atoms with Crippen LogP contribution in [-0.4, -0.2) is 36.2 Å². The molecule has 0 bridgehead atoms. The third-order valence-corrected chi connectivity index (χ3v) is 4.26. The van der Waals surface area contributed by atoms with Crippen LogP contribution in [0.3, 0.4) is 0 Å². The van der Waals surface area contributed by atoms with Crippen molar-refractivity contribution in [2.45, 2.75) is 52.0 Å². The van der Waals surface area contributed by atoms with E-state index >= 15 is 0 Å². The van der Waals surface area contributed by atoms with Crippen LogP contribution in [0.1, 0.15) is 44.7 Å². The summed E-state index contributed by atoms with van der Waals surface area (Å²) >= 11 is 0. The van der Waals surface area contributed by atoms with Gasteiger partial charge in [-0.2, -0.15) is 4.98 Å². The van der Waals surface area contributed by atoms with Gasteiger partial charge >= 0.3 is 0 Å². The van der Waals surface area contributed by atoms with E-state index < -0.39 is 0 Å². The van der Waals surface area contributed by atoms with E-state index in [-0.39, 0.29) is 0 Å². The predicted molar refractivity (Wildman–Crippen MR) is 85.8 cm³/mol. The first-order chi connectivity index (χ1) is 10.2. The first kappa shape index (κ1) is 16.0. The van der Waals surface area contributed by atoms with E-state index in [1.165, 1.54) is 25.7 Å².